The van der Waals surface area contributed by atoms with E-state index in [0.717, 1.165) is 41.1 Å². The number of methoxy groups -OCH3 is 1. The fourth-order valence-corrected chi connectivity index (χ4v) is 4.33. The highest BCUT2D eigenvalue weighted by Crippen LogP contribution is 2.33. The van der Waals surface area contributed by atoms with Crippen LogP contribution in [0.5, 0.6) is 5.75 Å². The summed E-state index contributed by atoms with van der Waals surface area (Å²) in [7, 11) is 3.43. The SMILES string of the molecule is COc1ccc2nc(N(C[C@H]3CCCO3)C(=O)c3cc(C)nn3C)sc2c1. The van der Waals surface area contributed by atoms with Gasteiger partial charge in [0, 0.05) is 13.7 Å². The zero-order valence-electron chi connectivity index (χ0n) is 15.6. The maximum absolute atomic E-state index is 13.3. The Balaban J connectivity index is 1.72. The fraction of sp³-hybridized carbons (Fsp3) is 0.421. The van der Waals surface area contributed by atoms with Crippen LogP contribution in [0.4, 0.5) is 5.13 Å². The van der Waals surface area contributed by atoms with Gasteiger partial charge in [0.05, 0.1) is 35.7 Å². The van der Waals surface area contributed by atoms with Gasteiger partial charge in [0.1, 0.15) is 11.4 Å². The molecule has 0 N–H and O–H groups in total. The number of nitrogens with zero attached hydrogens (tertiary/aromatic N) is 4. The summed E-state index contributed by atoms with van der Waals surface area (Å²) < 4.78 is 13.7. The molecule has 27 heavy (non-hydrogen) atoms. The van der Waals surface area contributed by atoms with Crippen LogP contribution in [0.1, 0.15) is 29.0 Å². The molecule has 1 aliphatic heterocycles. The highest BCUT2D eigenvalue weighted by atomic mass is 32.1. The molecule has 1 saturated heterocycles. The second-order valence-electron chi connectivity index (χ2n) is 6.68. The molecule has 0 aliphatic carbocycles. The molecule has 3 aromatic rings. The number of benzene rings is 1. The van der Waals surface area contributed by atoms with Crippen LogP contribution in [0, 0.1) is 6.92 Å². The van der Waals surface area contributed by atoms with Crippen LogP contribution < -0.4 is 9.64 Å². The van der Waals surface area contributed by atoms with Crippen LogP contribution in [0.25, 0.3) is 10.2 Å². The first-order chi connectivity index (χ1) is 13.0. The standard InChI is InChI=1S/C19H22N4O3S/c1-12-9-16(22(2)21-12)18(24)23(11-14-5-4-8-26-14)19-20-15-7-6-13(25-3)10-17(15)27-19/h6-7,9-10,14H,4-5,8,11H2,1-3H3/t14-/m1/s1. The summed E-state index contributed by atoms with van der Waals surface area (Å²) in [5.41, 5.74) is 2.21. The van der Waals surface area contributed by atoms with E-state index < -0.39 is 0 Å². The number of ether oxygens (including phenoxy) is 2. The molecule has 0 bridgehead atoms. The van der Waals surface area contributed by atoms with Crippen molar-refractivity contribution in [2.45, 2.75) is 25.9 Å². The van der Waals surface area contributed by atoms with Gasteiger partial charge >= 0.3 is 0 Å². The number of hydrogen-bond acceptors (Lipinski definition) is 6. The maximum atomic E-state index is 13.3. The number of amides is 1. The molecule has 1 aromatic carbocycles. The van der Waals surface area contributed by atoms with Crippen molar-refractivity contribution in [3.63, 3.8) is 0 Å². The van der Waals surface area contributed by atoms with Crippen molar-refractivity contribution in [3.8, 4) is 5.75 Å². The molecular weight excluding hydrogens is 364 g/mol. The van der Waals surface area contributed by atoms with Crippen LogP contribution in [0.2, 0.25) is 0 Å². The van der Waals surface area contributed by atoms with Gasteiger partial charge in [-0.05, 0) is 44.0 Å². The van der Waals surface area contributed by atoms with Crippen molar-refractivity contribution < 1.29 is 14.3 Å². The molecule has 2 aromatic heterocycles. The molecule has 1 atom stereocenters. The number of anilines is 1. The number of hydrogen-bond donors (Lipinski definition) is 0. The largest absolute Gasteiger partial charge is 0.497 e. The molecule has 7 nitrogen and oxygen atoms in total. The van der Waals surface area contributed by atoms with Crippen LogP contribution in [-0.4, -0.2) is 47.0 Å². The Hall–Kier alpha value is -2.45. The molecule has 4 rings (SSSR count). The summed E-state index contributed by atoms with van der Waals surface area (Å²) in [6, 6.07) is 7.54. The third kappa shape index (κ3) is 3.54. The quantitative estimate of drug-likeness (QED) is 0.674. The van der Waals surface area contributed by atoms with E-state index in [9.17, 15) is 4.79 Å². The van der Waals surface area contributed by atoms with Crippen LogP contribution >= 0.6 is 11.3 Å². The normalized spacial score (nSPS) is 16.8. The molecule has 8 heteroatoms. The molecule has 1 amide bonds. The summed E-state index contributed by atoms with van der Waals surface area (Å²) in [5.74, 6) is 0.664. The van der Waals surface area contributed by atoms with Crippen LogP contribution in [0.3, 0.4) is 0 Å². The lowest BCUT2D eigenvalue weighted by Gasteiger charge is -2.22. The second kappa shape index (κ2) is 7.28. The Kier molecular flexibility index (Phi) is 4.84. The highest BCUT2D eigenvalue weighted by molar-refractivity contribution is 7.22. The number of thiazole rings is 1. The van der Waals surface area contributed by atoms with Gasteiger partial charge in [0.2, 0.25) is 0 Å². The van der Waals surface area contributed by atoms with E-state index in [-0.39, 0.29) is 12.0 Å². The third-order valence-electron chi connectivity index (χ3n) is 4.69. The molecule has 0 saturated carbocycles. The zero-order chi connectivity index (χ0) is 19.0. The van der Waals surface area contributed by atoms with E-state index in [1.165, 1.54) is 11.3 Å². The van der Waals surface area contributed by atoms with E-state index in [1.807, 2.05) is 25.1 Å². The average molecular weight is 386 g/mol. The second-order valence-corrected chi connectivity index (χ2v) is 7.68. The zero-order valence-corrected chi connectivity index (χ0v) is 16.5. The number of aryl methyl sites for hydroxylation is 2. The first-order valence-corrected chi connectivity index (χ1v) is 9.75. The maximum Gasteiger partial charge on any atom is 0.278 e. The summed E-state index contributed by atoms with van der Waals surface area (Å²) in [5, 5.41) is 4.97. The van der Waals surface area contributed by atoms with Gasteiger partial charge < -0.3 is 9.47 Å². The number of carbonyl (C=O) groups is 1. The summed E-state index contributed by atoms with van der Waals surface area (Å²) in [6.45, 7) is 3.11. The van der Waals surface area contributed by atoms with E-state index in [2.05, 4.69) is 5.10 Å². The van der Waals surface area contributed by atoms with E-state index in [0.29, 0.717) is 17.4 Å². The summed E-state index contributed by atoms with van der Waals surface area (Å²) >= 11 is 1.48. The Morgan fingerprint density at radius 3 is 2.96 bits per heavy atom. The van der Waals surface area contributed by atoms with E-state index in [1.54, 1.807) is 29.8 Å². The number of rotatable bonds is 5. The van der Waals surface area contributed by atoms with Gasteiger partial charge in [-0.15, -0.1) is 0 Å². The molecule has 142 valence electrons. The molecular formula is C19H22N4O3S. The fourth-order valence-electron chi connectivity index (χ4n) is 3.32. The predicted molar refractivity (Wildman–Crippen MR) is 105 cm³/mol. The van der Waals surface area contributed by atoms with Crippen molar-refractivity contribution in [2.75, 3.05) is 25.2 Å². The Bertz CT molecular complexity index is 975. The Labute approximate surface area is 161 Å². The first-order valence-electron chi connectivity index (χ1n) is 8.94. The summed E-state index contributed by atoms with van der Waals surface area (Å²) in [4.78, 5) is 19.7. The van der Waals surface area contributed by atoms with Crippen molar-refractivity contribution >= 4 is 32.6 Å². The van der Waals surface area contributed by atoms with Crippen molar-refractivity contribution in [2.24, 2.45) is 7.05 Å². The molecule has 1 fully saturated rings. The van der Waals surface area contributed by atoms with Gasteiger partial charge in [-0.25, -0.2) is 4.98 Å². The average Bonchev–Trinajstić information content (AvgIpc) is 3.37. The van der Waals surface area contributed by atoms with Crippen LogP contribution in [0.15, 0.2) is 24.3 Å². The van der Waals surface area contributed by atoms with Gasteiger partial charge in [-0.1, -0.05) is 11.3 Å². The number of carbonyl (C=O) groups excluding carboxylic acids is 1. The Morgan fingerprint density at radius 1 is 1.44 bits per heavy atom. The molecule has 0 spiro atoms. The topological polar surface area (TPSA) is 69.5 Å². The molecule has 1 aliphatic rings. The number of aromatic nitrogens is 3. The van der Waals surface area contributed by atoms with Gasteiger partial charge in [-0.2, -0.15) is 5.10 Å². The first kappa shape index (κ1) is 17.9. The lowest BCUT2D eigenvalue weighted by atomic mass is 10.2. The van der Waals surface area contributed by atoms with Gasteiger partial charge in [0.25, 0.3) is 5.91 Å². The lowest BCUT2D eigenvalue weighted by molar-refractivity contribution is 0.0909. The van der Waals surface area contributed by atoms with E-state index in [4.69, 9.17) is 14.5 Å². The lowest BCUT2D eigenvalue weighted by Crippen LogP contribution is -2.38. The highest BCUT2D eigenvalue weighted by Gasteiger charge is 2.28. The Morgan fingerprint density at radius 2 is 2.30 bits per heavy atom. The predicted octanol–water partition coefficient (Wildman–Crippen LogP) is 3.17. The van der Waals surface area contributed by atoms with Crippen LogP contribution in [-0.2, 0) is 11.8 Å². The monoisotopic (exact) mass is 386 g/mol. The molecule has 3 heterocycles. The molecule has 0 radical (unpaired) electrons. The van der Waals surface area contributed by atoms with Crippen molar-refractivity contribution in [1.29, 1.82) is 0 Å². The van der Waals surface area contributed by atoms with Gasteiger partial charge in [0.15, 0.2) is 5.13 Å². The number of fused-ring (bicyclic) bond motifs is 1. The minimum atomic E-state index is -0.111. The van der Waals surface area contributed by atoms with Crippen molar-refractivity contribution in [3.05, 3.63) is 35.7 Å². The summed E-state index contributed by atoms with van der Waals surface area (Å²) in [6.07, 6.45) is 2.01. The minimum absolute atomic E-state index is 0.0322. The van der Waals surface area contributed by atoms with Gasteiger partial charge in [-0.3, -0.25) is 14.4 Å². The third-order valence-corrected chi connectivity index (χ3v) is 5.73. The van der Waals surface area contributed by atoms with E-state index >= 15 is 0 Å². The minimum Gasteiger partial charge on any atom is -0.497 e. The van der Waals surface area contributed by atoms with Crippen molar-refractivity contribution in [1.82, 2.24) is 14.8 Å². The smallest absolute Gasteiger partial charge is 0.278 e. The molecule has 0 unspecified atom stereocenters.